The highest BCUT2D eigenvalue weighted by molar-refractivity contribution is 5.21. The number of ether oxygens (including phenoxy) is 2. The molecule has 1 aromatic carbocycles. The van der Waals surface area contributed by atoms with Crippen molar-refractivity contribution in [3.8, 4) is 5.75 Å². The highest BCUT2D eigenvalue weighted by Gasteiger charge is 2.13. The van der Waals surface area contributed by atoms with E-state index in [9.17, 15) is 4.39 Å². The fraction of sp³-hybridized carbons (Fsp3) is 0.600. The van der Waals surface area contributed by atoms with Gasteiger partial charge in [-0.2, -0.15) is 0 Å². The Kier molecular flexibility index (Phi) is 6.11. The van der Waals surface area contributed by atoms with E-state index < -0.39 is 0 Å². The Balaban J connectivity index is 1.44. The van der Waals surface area contributed by atoms with Crippen LogP contribution in [0.4, 0.5) is 4.39 Å². The molecule has 106 valence electrons. The molecule has 1 N–H and O–H groups in total. The van der Waals surface area contributed by atoms with Gasteiger partial charge in [-0.3, -0.25) is 0 Å². The van der Waals surface area contributed by atoms with Gasteiger partial charge in [0.2, 0.25) is 0 Å². The first-order valence-electron chi connectivity index (χ1n) is 7.05. The van der Waals surface area contributed by atoms with Gasteiger partial charge in [-0.1, -0.05) is 0 Å². The second kappa shape index (κ2) is 8.12. The Morgan fingerprint density at radius 1 is 1.26 bits per heavy atom. The Morgan fingerprint density at radius 3 is 2.84 bits per heavy atom. The van der Waals surface area contributed by atoms with Crippen molar-refractivity contribution in [3.05, 3.63) is 30.1 Å². The summed E-state index contributed by atoms with van der Waals surface area (Å²) in [6.45, 7) is 3.54. The van der Waals surface area contributed by atoms with Gasteiger partial charge in [0.25, 0.3) is 0 Å². The van der Waals surface area contributed by atoms with Crippen LogP contribution in [-0.2, 0) is 4.74 Å². The van der Waals surface area contributed by atoms with Crippen LogP contribution in [0.2, 0.25) is 0 Å². The molecule has 0 bridgehead atoms. The SMILES string of the molecule is Fc1ccc(OCCCCNC[C@@H]2CCCO2)cc1. The number of nitrogens with one attached hydrogen (secondary N) is 1. The van der Waals surface area contributed by atoms with E-state index in [-0.39, 0.29) is 5.82 Å². The van der Waals surface area contributed by atoms with E-state index in [4.69, 9.17) is 9.47 Å². The molecule has 0 aromatic heterocycles. The quantitative estimate of drug-likeness (QED) is 0.735. The molecular weight excluding hydrogens is 245 g/mol. The summed E-state index contributed by atoms with van der Waals surface area (Å²) in [5.74, 6) is 0.499. The van der Waals surface area contributed by atoms with Crippen LogP contribution in [0.15, 0.2) is 24.3 Å². The number of hydrogen-bond acceptors (Lipinski definition) is 3. The van der Waals surface area contributed by atoms with Crippen LogP contribution in [0.3, 0.4) is 0 Å². The van der Waals surface area contributed by atoms with Gasteiger partial charge in [-0.05, 0) is 56.5 Å². The van der Waals surface area contributed by atoms with Gasteiger partial charge in [-0.15, -0.1) is 0 Å². The molecule has 0 radical (unpaired) electrons. The summed E-state index contributed by atoms with van der Waals surface area (Å²) in [4.78, 5) is 0. The molecule has 0 aliphatic carbocycles. The fourth-order valence-electron chi connectivity index (χ4n) is 2.14. The molecule has 1 fully saturated rings. The zero-order valence-electron chi connectivity index (χ0n) is 11.2. The van der Waals surface area contributed by atoms with Crippen molar-refractivity contribution in [2.24, 2.45) is 0 Å². The molecule has 19 heavy (non-hydrogen) atoms. The molecule has 0 amide bonds. The number of halogens is 1. The van der Waals surface area contributed by atoms with Crippen molar-refractivity contribution in [2.45, 2.75) is 31.8 Å². The van der Waals surface area contributed by atoms with E-state index >= 15 is 0 Å². The van der Waals surface area contributed by atoms with Crippen LogP contribution in [-0.4, -0.2) is 32.4 Å². The monoisotopic (exact) mass is 267 g/mol. The van der Waals surface area contributed by atoms with E-state index in [2.05, 4.69) is 5.32 Å². The lowest BCUT2D eigenvalue weighted by Gasteiger charge is -2.10. The molecule has 3 nitrogen and oxygen atoms in total. The number of unbranched alkanes of at least 4 members (excludes halogenated alkanes) is 1. The Labute approximate surface area is 114 Å². The molecule has 0 saturated carbocycles. The number of rotatable bonds is 8. The van der Waals surface area contributed by atoms with E-state index in [0.717, 1.165) is 38.3 Å². The Bertz CT molecular complexity index is 350. The third-order valence-corrected chi connectivity index (χ3v) is 3.23. The molecule has 1 aromatic rings. The first-order valence-corrected chi connectivity index (χ1v) is 7.05. The standard InChI is InChI=1S/C15H22FNO2/c16-13-5-7-14(8-6-13)18-10-2-1-9-17-12-15-4-3-11-19-15/h5-8,15,17H,1-4,9-12H2/t15-/m0/s1. The molecule has 1 aliphatic heterocycles. The highest BCUT2D eigenvalue weighted by atomic mass is 19.1. The maximum atomic E-state index is 12.7. The van der Waals surface area contributed by atoms with Crippen molar-refractivity contribution in [3.63, 3.8) is 0 Å². The first-order chi connectivity index (χ1) is 9.34. The number of hydrogen-bond donors (Lipinski definition) is 1. The highest BCUT2D eigenvalue weighted by Crippen LogP contribution is 2.12. The molecule has 1 heterocycles. The molecule has 0 unspecified atom stereocenters. The molecule has 0 spiro atoms. The predicted octanol–water partition coefficient (Wildman–Crippen LogP) is 2.75. The predicted molar refractivity (Wildman–Crippen MR) is 73.0 cm³/mol. The van der Waals surface area contributed by atoms with Crippen LogP contribution < -0.4 is 10.1 Å². The molecule has 4 heteroatoms. The molecule has 1 saturated heterocycles. The summed E-state index contributed by atoms with van der Waals surface area (Å²) in [5, 5.41) is 3.40. The third kappa shape index (κ3) is 5.57. The lowest BCUT2D eigenvalue weighted by molar-refractivity contribution is 0.110. The molecule has 1 atom stereocenters. The summed E-state index contributed by atoms with van der Waals surface area (Å²) >= 11 is 0. The average Bonchev–Trinajstić information content (AvgIpc) is 2.93. The van der Waals surface area contributed by atoms with Crippen LogP contribution in [0, 0.1) is 5.82 Å². The first kappa shape index (κ1) is 14.3. The average molecular weight is 267 g/mol. The summed E-state index contributed by atoms with van der Waals surface area (Å²) in [7, 11) is 0. The maximum Gasteiger partial charge on any atom is 0.123 e. The summed E-state index contributed by atoms with van der Waals surface area (Å²) in [6.07, 6.45) is 4.86. The lowest BCUT2D eigenvalue weighted by Crippen LogP contribution is -2.27. The van der Waals surface area contributed by atoms with Crippen LogP contribution >= 0.6 is 0 Å². The van der Waals surface area contributed by atoms with E-state index in [1.165, 1.54) is 25.0 Å². The largest absolute Gasteiger partial charge is 0.494 e. The Hall–Kier alpha value is -1.13. The minimum Gasteiger partial charge on any atom is -0.494 e. The lowest BCUT2D eigenvalue weighted by atomic mass is 10.2. The number of benzene rings is 1. The van der Waals surface area contributed by atoms with Crippen molar-refractivity contribution in [2.75, 3.05) is 26.3 Å². The third-order valence-electron chi connectivity index (χ3n) is 3.23. The normalized spacial score (nSPS) is 18.7. The van der Waals surface area contributed by atoms with E-state index in [0.29, 0.717) is 12.7 Å². The molecule has 2 rings (SSSR count). The van der Waals surface area contributed by atoms with Gasteiger partial charge in [0, 0.05) is 13.2 Å². The second-order valence-electron chi connectivity index (χ2n) is 4.85. The van der Waals surface area contributed by atoms with Crippen LogP contribution in [0.5, 0.6) is 5.75 Å². The molecule has 1 aliphatic rings. The summed E-state index contributed by atoms with van der Waals surface area (Å²) < 4.78 is 23.7. The van der Waals surface area contributed by atoms with Crippen molar-refractivity contribution in [1.82, 2.24) is 5.32 Å². The minimum atomic E-state index is -0.231. The van der Waals surface area contributed by atoms with Gasteiger partial charge >= 0.3 is 0 Å². The van der Waals surface area contributed by atoms with Gasteiger partial charge in [0.1, 0.15) is 11.6 Å². The van der Waals surface area contributed by atoms with Crippen molar-refractivity contribution < 1.29 is 13.9 Å². The topological polar surface area (TPSA) is 30.5 Å². The maximum absolute atomic E-state index is 12.7. The molecular formula is C15H22FNO2. The van der Waals surface area contributed by atoms with Gasteiger partial charge in [-0.25, -0.2) is 4.39 Å². The van der Waals surface area contributed by atoms with Crippen LogP contribution in [0.1, 0.15) is 25.7 Å². The Morgan fingerprint density at radius 2 is 2.11 bits per heavy atom. The summed E-state index contributed by atoms with van der Waals surface area (Å²) in [5.41, 5.74) is 0. The van der Waals surface area contributed by atoms with E-state index in [1.54, 1.807) is 12.1 Å². The zero-order valence-corrected chi connectivity index (χ0v) is 11.2. The van der Waals surface area contributed by atoms with Crippen molar-refractivity contribution in [1.29, 1.82) is 0 Å². The van der Waals surface area contributed by atoms with Gasteiger partial charge < -0.3 is 14.8 Å². The minimum absolute atomic E-state index is 0.231. The summed E-state index contributed by atoms with van der Waals surface area (Å²) in [6, 6.07) is 6.15. The smallest absolute Gasteiger partial charge is 0.123 e. The zero-order chi connectivity index (χ0) is 13.3. The van der Waals surface area contributed by atoms with E-state index in [1.807, 2.05) is 0 Å². The fourth-order valence-corrected chi connectivity index (χ4v) is 2.14. The van der Waals surface area contributed by atoms with Gasteiger partial charge in [0.05, 0.1) is 12.7 Å². The van der Waals surface area contributed by atoms with Gasteiger partial charge in [0.15, 0.2) is 0 Å². The second-order valence-corrected chi connectivity index (χ2v) is 4.85. The van der Waals surface area contributed by atoms with Crippen LogP contribution in [0.25, 0.3) is 0 Å². The van der Waals surface area contributed by atoms with Crippen molar-refractivity contribution >= 4 is 0 Å².